The highest BCUT2D eigenvalue weighted by atomic mass is 79.9. The molecule has 0 fully saturated rings. The van der Waals surface area contributed by atoms with E-state index >= 15 is 0 Å². The minimum Gasteiger partial charge on any atom is -0.494 e. The first kappa shape index (κ1) is 15.6. The van der Waals surface area contributed by atoms with E-state index in [1.54, 1.807) is 13.0 Å². The minimum atomic E-state index is -0.270. The van der Waals surface area contributed by atoms with Crippen LogP contribution in [0.4, 0.5) is 0 Å². The number of esters is 1. The molecule has 0 atom stereocenters. The Hall–Kier alpha value is -1.82. The van der Waals surface area contributed by atoms with E-state index in [2.05, 4.69) is 21.1 Å². The number of aromatic nitrogens is 1. The Morgan fingerprint density at radius 3 is 2.95 bits per heavy atom. The average molecular weight is 354 g/mol. The molecule has 0 aliphatic heterocycles. The van der Waals surface area contributed by atoms with Gasteiger partial charge in [0.15, 0.2) is 0 Å². The third kappa shape index (κ3) is 5.59. The van der Waals surface area contributed by atoms with E-state index in [1.165, 1.54) is 0 Å². The highest BCUT2D eigenvalue weighted by Crippen LogP contribution is 2.17. The average Bonchev–Trinajstić information content (AvgIpc) is 2.87. The number of hydrogen-bond acceptors (Lipinski definition) is 5. The van der Waals surface area contributed by atoms with E-state index in [0.717, 1.165) is 10.2 Å². The van der Waals surface area contributed by atoms with Crippen molar-refractivity contribution in [3.63, 3.8) is 0 Å². The van der Waals surface area contributed by atoms with Crippen LogP contribution in [0.2, 0.25) is 0 Å². The van der Waals surface area contributed by atoms with E-state index in [4.69, 9.17) is 14.0 Å². The Balaban J connectivity index is 1.61. The molecule has 0 amide bonds. The highest BCUT2D eigenvalue weighted by Gasteiger charge is 2.06. The van der Waals surface area contributed by atoms with Gasteiger partial charge in [-0.15, -0.1) is 0 Å². The summed E-state index contributed by atoms with van der Waals surface area (Å²) >= 11 is 3.37. The van der Waals surface area contributed by atoms with Crippen molar-refractivity contribution >= 4 is 21.9 Å². The zero-order valence-electron chi connectivity index (χ0n) is 11.7. The van der Waals surface area contributed by atoms with E-state index in [9.17, 15) is 4.79 Å². The van der Waals surface area contributed by atoms with E-state index in [-0.39, 0.29) is 12.6 Å². The lowest BCUT2D eigenvalue weighted by Gasteiger charge is -2.06. The molecule has 21 heavy (non-hydrogen) atoms. The fourth-order valence-corrected chi connectivity index (χ4v) is 2.05. The molecule has 0 saturated carbocycles. The van der Waals surface area contributed by atoms with Crippen molar-refractivity contribution in [2.24, 2.45) is 0 Å². The fourth-order valence-electron chi connectivity index (χ4n) is 1.68. The Bertz CT molecular complexity index is 597. The Morgan fingerprint density at radius 2 is 2.24 bits per heavy atom. The number of aryl methyl sites for hydroxylation is 1. The number of hydrogen-bond donors (Lipinski definition) is 0. The molecule has 1 heterocycles. The predicted octanol–water partition coefficient (Wildman–Crippen LogP) is 3.65. The molecule has 2 aromatic rings. The van der Waals surface area contributed by atoms with Crippen LogP contribution in [-0.4, -0.2) is 17.7 Å². The second-order valence-electron chi connectivity index (χ2n) is 4.50. The van der Waals surface area contributed by atoms with E-state index in [0.29, 0.717) is 30.9 Å². The van der Waals surface area contributed by atoms with Crippen LogP contribution in [0.3, 0.4) is 0 Å². The summed E-state index contributed by atoms with van der Waals surface area (Å²) in [6, 6.07) is 9.31. The number of benzene rings is 1. The number of rotatable bonds is 7. The number of ether oxygens (including phenoxy) is 2. The quantitative estimate of drug-likeness (QED) is 0.561. The lowest BCUT2D eigenvalue weighted by molar-refractivity contribution is -0.145. The zero-order chi connectivity index (χ0) is 15.1. The molecule has 112 valence electrons. The maximum absolute atomic E-state index is 11.5. The summed E-state index contributed by atoms with van der Waals surface area (Å²) in [6.45, 7) is 2.40. The van der Waals surface area contributed by atoms with Crippen LogP contribution < -0.4 is 4.74 Å². The van der Waals surface area contributed by atoms with Crippen molar-refractivity contribution < 1.29 is 18.8 Å². The summed E-state index contributed by atoms with van der Waals surface area (Å²) in [4.78, 5) is 11.5. The van der Waals surface area contributed by atoms with Crippen molar-refractivity contribution in [1.29, 1.82) is 0 Å². The number of carbonyl (C=O) groups is 1. The molecule has 0 N–H and O–H groups in total. The van der Waals surface area contributed by atoms with Crippen molar-refractivity contribution in [2.45, 2.75) is 26.4 Å². The normalized spacial score (nSPS) is 10.4. The van der Waals surface area contributed by atoms with E-state index in [1.807, 2.05) is 24.3 Å². The molecule has 1 aromatic carbocycles. The van der Waals surface area contributed by atoms with Gasteiger partial charge in [0.05, 0.1) is 6.61 Å². The topological polar surface area (TPSA) is 61.6 Å². The van der Waals surface area contributed by atoms with E-state index < -0.39 is 0 Å². The van der Waals surface area contributed by atoms with Crippen LogP contribution in [0.15, 0.2) is 39.3 Å². The van der Waals surface area contributed by atoms with Gasteiger partial charge >= 0.3 is 5.97 Å². The maximum Gasteiger partial charge on any atom is 0.306 e. The first-order valence-electron chi connectivity index (χ1n) is 6.59. The Labute approximate surface area is 131 Å². The highest BCUT2D eigenvalue weighted by molar-refractivity contribution is 9.10. The fraction of sp³-hybridized carbons (Fsp3) is 0.333. The summed E-state index contributed by atoms with van der Waals surface area (Å²) in [7, 11) is 0. The summed E-state index contributed by atoms with van der Waals surface area (Å²) in [5.41, 5.74) is 0.617. The number of carbonyl (C=O) groups excluding carboxylic acids is 1. The molecule has 5 nitrogen and oxygen atoms in total. The summed E-state index contributed by atoms with van der Waals surface area (Å²) in [5.74, 6) is 1.20. The molecular weight excluding hydrogens is 338 g/mol. The third-order valence-corrected chi connectivity index (χ3v) is 3.14. The minimum absolute atomic E-state index is 0.142. The monoisotopic (exact) mass is 353 g/mol. The molecule has 6 heteroatoms. The number of halogens is 1. The van der Waals surface area contributed by atoms with Gasteiger partial charge in [-0.3, -0.25) is 4.79 Å². The molecule has 0 radical (unpaired) electrons. The lowest BCUT2D eigenvalue weighted by Crippen LogP contribution is -2.07. The molecule has 2 rings (SSSR count). The summed E-state index contributed by atoms with van der Waals surface area (Å²) < 4.78 is 16.5. The SMILES string of the molecule is Cc1cc(COC(=O)CCCOc2cccc(Br)c2)no1. The van der Waals surface area contributed by atoms with Crippen molar-refractivity contribution in [1.82, 2.24) is 5.16 Å². The largest absolute Gasteiger partial charge is 0.494 e. The summed E-state index contributed by atoms with van der Waals surface area (Å²) in [6.07, 6.45) is 0.911. The maximum atomic E-state index is 11.5. The summed E-state index contributed by atoms with van der Waals surface area (Å²) in [5, 5.41) is 3.75. The van der Waals surface area contributed by atoms with Gasteiger partial charge in [0, 0.05) is 17.0 Å². The first-order chi connectivity index (χ1) is 10.1. The van der Waals surface area contributed by atoms with Gasteiger partial charge in [-0.1, -0.05) is 27.2 Å². The van der Waals surface area contributed by atoms with Gasteiger partial charge in [-0.25, -0.2) is 0 Å². The standard InChI is InChI=1S/C15H16BrNO4/c1-11-8-13(17-21-11)10-20-15(18)6-3-7-19-14-5-2-4-12(16)9-14/h2,4-5,8-9H,3,6-7,10H2,1H3. The lowest BCUT2D eigenvalue weighted by atomic mass is 10.3. The third-order valence-electron chi connectivity index (χ3n) is 2.65. The van der Waals surface area contributed by atoms with Crippen LogP contribution in [0, 0.1) is 6.92 Å². The van der Waals surface area contributed by atoms with Gasteiger partial charge in [0.2, 0.25) is 0 Å². The first-order valence-corrected chi connectivity index (χ1v) is 7.39. The van der Waals surface area contributed by atoms with Crippen LogP contribution in [-0.2, 0) is 16.1 Å². The van der Waals surface area contributed by atoms with Crippen LogP contribution in [0.5, 0.6) is 5.75 Å². The van der Waals surface area contributed by atoms with Crippen LogP contribution in [0.25, 0.3) is 0 Å². The molecule has 0 saturated heterocycles. The van der Waals surface area contributed by atoms with Crippen molar-refractivity contribution in [2.75, 3.05) is 6.61 Å². The second-order valence-corrected chi connectivity index (χ2v) is 5.41. The second kappa shape index (κ2) is 7.83. The van der Waals surface area contributed by atoms with Gasteiger partial charge in [0.1, 0.15) is 23.8 Å². The smallest absolute Gasteiger partial charge is 0.306 e. The molecule has 1 aromatic heterocycles. The van der Waals surface area contributed by atoms with Crippen molar-refractivity contribution in [3.8, 4) is 5.75 Å². The van der Waals surface area contributed by atoms with Gasteiger partial charge in [-0.2, -0.15) is 0 Å². The molecule has 0 spiro atoms. The van der Waals surface area contributed by atoms with Gasteiger partial charge < -0.3 is 14.0 Å². The number of nitrogens with zero attached hydrogens (tertiary/aromatic N) is 1. The predicted molar refractivity (Wildman–Crippen MR) is 79.9 cm³/mol. The van der Waals surface area contributed by atoms with Crippen LogP contribution >= 0.6 is 15.9 Å². The zero-order valence-corrected chi connectivity index (χ0v) is 13.3. The molecular formula is C15H16BrNO4. The Morgan fingerprint density at radius 1 is 1.38 bits per heavy atom. The Kier molecular flexibility index (Phi) is 5.80. The molecule has 0 aliphatic rings. The van der Waals surface area contributed by atoms with Crippen LogP contribution in [0.1, 0.15) is 24.3 Å². The molecule has 0 bridgehead atoms. The van der Waals surface area contributed by atoms with Crippen molar-refractivity contribution in [3.05, 3.63) is 46.3 Å². The molecule has 0 unspecified atom stereocenters. The van der Waals surface area contributed by atoms with Gasteiger partial charge in [-0.05, 0) is 31.5 Å². The van der Waals surface area contributed by atoms with Gasteiger partial charge in [0.25, 0.3) is 0 Å². The molecule has 0 aliphatic carbocycles.